The number of rotatable bonds is 7. The Morgan fingerprint density at radius 2 is 1.81 bits per heavy atom. The van der Waals surface area contributed by atoms with Crippen molar-refractivity contribution < 1.29 is 52.4 Å². The van der Waals surface area contributed by atoms with Crippen LogP contribution >= 0.6 is 0 Å². The van der Waals surface area contributed by atoms with Crippen molar-refractivity contribution in [3.05, 3.63) is 24.5 Å². The molecule has 0 amide bonds. The molecule has 14 nitrogen and oxygen atoms in total. The Bertz CT molecular complexity index is 1480. The fourth-order valence-electron chi connectivity index (χ4n) is 8.77. The molecule has 1 aromatic rings. The molecule has 1 aromatic heterocycles. The molecule has 3 unspecified atom stereocenters. The van der Waals surface area contributed by atoms with Gasteiger partial charge in [0.15, 0.2) is 29.5 Å². The number of esters is 2. The maximum atomic E-state index is 14.2. The van der Waals surface area contributed by atoms with Crippen LogP contribution in [0.1, 0.15) is 81.6 Å². The average molecular weight is 746 g/mol. The van der Waals surface area contributed by atoms with Crippen LogP contribution in [0.25, 0.3) is 0 Å². The van der Waals surface area contributed by atoms with Crippen LogP contribution in [0.3, 0.4) is 0 Å². The van der Waals surface area contributed by atoms with Gasteiger partial charge in [0.1, 0.15) is 11.8 Å². The van der Waals surface area contributed by atoms with Crippen molar-refractivity contribution in [1.82, 2.24) is 9.88 Å². The maximum absolute atomic E-state index is 14.2. The highest BCUT2D eigenvalue weighted by Gasteiger charge is 2.59. The van der Waals surface area contributed by atoms with E-state index in [2.05, 4.69) is 10.1 Å². The number of nitrogens with zero attached hydrogens (tertiary/aromatic N) is 3. The largest absolute Gasteiger partial charge is 0.459 e. The maximum Gasteiger partial charge on any atom is 0.311 e. The summed E-state index contributed by atoms with van der Waals surface area (Å²) in [7, 11) is 3.87. The van der Waals surface area contributed by atoms with Gasteiger partial charge >= 0.3 is 11.9 Å². The van der Waals surface area contributed by atoms with Crippen molar-refractivity contribution in [2.75, 3.05) is 27.3 Å². The lowest BCUT2D eigenvalue weighted by molar-refractivity contribution is -0.305. The van der Waals surface area contributed by atoms with Gasteiger partial charge in [-0.1, -0.05) is 32.9 Å². The van der Waals surface area contributed by atoms with Crippen LogP contribution in [-0.2, 0) is 47.5 Å². The lowest BCUT2D eigenvalue weighted by Gasteiger charge is -2.48. The molecule has 4 aliphatic heterocycles. The van der Waals surface area contributed by atoms with Crippen molar-refractivity contribution in [3.8, 4) is 5.75 Å². The minimum atomic E-state index is -1.32. The molecule has 4 saturated heterocycles. The van der Waals surface area contributed by atoms with Crippen LogP contribution in [0.15, 0.2) is 29.7 Å². The fourth-order valence-corrected chi connectivity index (χ4v) is 8.77. The number of hydrogen-bond acceptors (Lipinski definition) is 14. The number of Topliss-reactive ketones (excluding diaryl/α,β-unsaturated/α-hetero) is 1. The van der Waals surface area contributed by atoms with E-state index in [-0.39, 0.29) is 37.1 Å². The van der Waals surface area contributed by atoms with Crippen LogP contribution in [0, 0.1) is 23.7 Å². The molecule has 0 radical (unpaired) electrons. The minimum absolute atomic E-state index is 0.00708. The third kappa shape index (κ3) is 8.78. The second-order valence-electron chi connectivity index (χ2n) is 16.0. The van der Waals surface area contributed by atoms with E-state index < -0.39 is 77.7 Å². The number of ketones is 1. The number of aromatic nitrogens is 1. The lowest BCUT2D eigenvalue weighted by atomic mass is 9.75. The molecule has 296 valence electrons. The third-order valence-electron chi connectivity index (χ3n) is 11.5. The third-order valence-corrected chi connectivity index (χ3v) is 11.5. The minimum Gasteiger partial charge on any atom is -0.459 e. The van der Waals surface area contributed by atoms with Crippen molar-refractivity contribution >= 4 is 23.4 Å². The molecule has 0 saturated carbocycles. The Balaban J connectivity index is 1.64. The predicted octanol–water partition coefficient (Wildman–Crippen LogP) is 4.37. The second kappa shape index (κ2) is 16.8. The second-order valence-corrected chi connectivity index (χ2v) is 16.0. The van der Waals surface area contributed by atoms with Gasteiger partial charge in [-0.3, -0.25) is 19.4 Å². The van der Waals surface area contributed by atoms with Gasteiger partial charge in [-0.05, 0) is 79.1 Å². The predicted molar refractivity (Wildman–Crippen MR) is 193 cm³/mol. The highest BCUT2D eigenvalue weighted by molar-refractivity contribution is 5.92. The topological polar surface area (TPSA) is 154 Å². The first-order chi connectivity index (χ1) is 25.0. The molecular formula is C39H59N3O11. The Morgan fingerprint density at radius 1 is 1.08 bits per heavy atom. The number of carbonyl (C=O) groups excluding carboxylic acids is 3. The zero-order valence-corrected chi connectivity index (χ0v) is 33.1. The van der Waals surface area contributed by atoms with E-state index in [1.807, 2.05) is 60.5 Å². The molecule has 0 aliphatic carbocycles. The summed E-state index contributed by atoms with van der Waals surface area (Å²) >= 11 is 0. The van der Waals surface area contributed by atoms with E-state index in [1.165, 1.54) is 6.92 Å². The molecule has 5 rings (SSSR count). The van der Waals surface area contributed by atoms with Crippen LogP contribution in [-0.4, -0.2) is 121 Å². The van der Waals surface area contributed by atoms with E-state index >= 15 is 0 Å². The molecular weight excluding hydrogens is 686 g/mol. The smallest absolute Gasteiger partial charge is 0.311 e. The monoisotopic (exact) mass is 745 g/mol. The summed E-state index contributed by atoms with van der Waals surface area (Å²) in [5.74, 6) is -2.72. The van der Waals surface area contributed by atoms with E-state index in [0.717, 1.165) is 0 Å². The highest BCUT2D eigenvalue weighted by atomic mass is 16.7. The van der Waals surface area contributed by atoms with Gasteiger partial charge in [0.25, 0.3) is 0 Å². The van der Waals surface area contributed by atoms with Crippen LogP contribution in [0.4, 0.5) is 0 Å². The summed E-state index contributed by atoms with van der Waals surface area (Å²) in [6.07, 6.45) is -0.328. The fraction of sp³-hybridized carbons (Fsp3) is 0.769. The van der Waals surface area contributed by atoms with Gasteiger partial charge in [-0.15, -0.1) is 0 Å². The van der Waals surface area contributed by atoms with Gasteiger partial charge in [0.05, 0.1) is 61.4 Å². The van der Waals surface area contributed by atoms with E-state index in [0.29, 0.717) is 30.7 Å². The van der Waals surface area contributed by atoms with E-state index in [4.69, 9.17) is 38.0 Å². The summed E-state index contributed by atoms with van der Waals surface area (Å²) in [5.41, 5.74) is -2.01. The van der Waals surface area contributed by atoms with Crippen LogP contribution < -0.4 is 4.84 Å². The van der Waals surface area contributed by atoms with Gasteiger partial charge in [-0.2, -0.15) is 0 Å². The van der Waals surface area contributed by atoms with Gasteiger partial charge < -0.3 is 42.9 Å². The summed E-state index contributed by atoms with van der Waals surface area (Å²) in [6, 6.07) is 3.27. The molecule has 0 spiro atoms. The number of ether oxygens (including phenoxy) is 7. The summed E-state index contributed by atoms with van der Waals surface area (Å²) < 4.78 is 45.9. The first-order valence-corrected chi connectivity index (χ1v) is 18.9. The van der Waals surface area contributed by atoms with E-state index in [9.17, 15) is 14.4 Å². The Morgan fingerprint density at radius 3 is 2.45 bits per heavy atom. The Labute approximate surface area is 313 Å². The number of likely N-dealkylation sites (N-methyl/N-ethyl adjacent to an activating group) is 1. The van der Waals surface area contributed by atoms with Crippen LogP contribution in [0.5, 0.6) is 5.75 Å². The number of hydrogen-bond donors (Lipinski definition) is 0. The van der Waals surface area contributed by atoms with Gasteiger partial charge in [0.2, 0.25) is 0 Å². The SMILES string of the molecule is CC[C@H]1OC(=O)[C@H](C)[C@H]2OC/C(=N\Oc3cccnc3)CO[C@](C)(C[C@@H](C)C3OC1(C)C(=O)C3C)[C@H](O[C@@H]1O[C@H](C)C[C@H](N(C)C)[C@H]1OC(C)=O)[C@@H]2C. The van der Waals surface area contributed by atoms with Crippen molar-refractivity contribution in [2.24, 2.45) is 28.8 Å². The number of pyridine rings is 1. The summed E-state index contributed by atoms with van der Waals surface area (Å²) in [5, 5.41) is 4.40. The molecule has 14 heteroatoms. The zero-order chi connectivity index (χ0) is 38.8. The lowest BCUT2D eigenvalue weighted by Crippen LogP contribution is -2.60. The van der Waals surface area contributed by atoms with E-state index in [1.54, 1.807) is 38.4 Å². The zero-order valence-electron chi connectivity index (χ0n) is 33.1. The average Bonchev–Trinajstić information content (AvgIpc) is 3.36. The molecule has 5 heterocycles. The molecule has 0 N–H and O–H groups in total. The normalized spacial score (nSPS) is 42.1. The van der Waals surface area contributed by atoms with Gasteiger partial charge in [0, 0.05) is 25.0 Å². The number of cyclic esters (lactones) is 1. The van der Waals surface area contributed by atoms with Crippen molar-refractivity contribution in [2.45, 2.75) is 142 Å². The molecule has 4 aliphatic rings. The first-order valence-electron chi connectivity index (χ1n) is 18.9. The highest BCUT2D eigenvalue weighted by Crippen LogP contribution is 2.45. The number of carbonyl (C=O) groups is 3. The Hall–Kier alpha value is -3.01. The molecule has 4 fully saturated rings. The number of oxime groups is 1. The first kappa shape index (κ1) is 41.2. The van der Waals surface area contributed by atoms with Crippen molar-refractivity contribution in [3.63, 3.8) is 0 Å². The molecule has 53 heavy (non-hydrogen) atoms. The number of fused-ring (bicyclic) bond motifs is 5. The standard InChI is InChI=1S/C39H59N3O11/c1-12-30-39(9)34(44)23(4)31(52-39)21(2)17-38(8)35(51-37-33(49-26(7)43)29(42(10)11)16-22(3)48-37)24(5)32(25(6)36(45)50-30)46-19-27(20-47-38)41-53-28-14-13-15-40-18-28/h13-15,18,21-25,29-33,35,37H,12,16-17,19-20H2,1-11H3/b41-27+/t21-,22-,23?,24-,25-,29+,30-,31?,32+,33-,35-,37+,38-,39?/m1/s1. The van der Waals surface area contributed by atoms with Crippen molar-refractivity contribution in [1.29, 1.82) is 0 Å². The Kier molecular flexibility index (Phi) is 13.0. The molecule has 0 aromatic carbocycles. The van der Waals surface area contributed by atoms with Gasteiger partial charge in [-0.25, -0.2) is 0 Å². The quantitative estimate of drug-likeness (QED) is 0.287. The molecule has 4 bridgehead atoms. The molecule has 14 atom stereocenters. The van der Waals surface area contributed by atoms with Crippen LogP contribution in [0.2, 0.25) is 0 Å². The summed E-state index contributed by atoms with van der Waals surface area (Å²) in [4.78, 5) is 52.5. The summed E-state index contributed by atoms with van der Waals surface area (Å²) in [6.45, 7) is 16.5.